The van der Waals surface area contributed by atoms with Gasteiger partial charge in [-0.1, -0.05) is 6.92 Å². The van der Waals surface area contributed by atoms with Gasteiger partial charge in [0.25, 0.3) is 0 Å². The lowest BCUT2D eigenvalue weighted by Gasteiger charge is -2.08. The average Bonchev–Trinajstić information content (AvgIpc) is 2.10. The number of ether oxygens (including phenoxy) is 2. The van der Waals surface area contributed by atoms with Crippen LogP contribution in [0.25, 0.3) is 0 Å². The predicted molar refractivity (Wildman–Crippen MR) is 48.7 cm³/mol. The van der Waals surface area contributed by atoms with E-state index >= 15 is 0 Å². The van der Waals surface area contributed by atoms with E-state index in [0.717, 1.165) is 6.42 Å². The van der Waals surface area contributed by atoms with Crippen LogP contribution >= 0.6 is 11.6 Å². The molecule has 0 aromatic heterocycles. The summed E-state index contributed by atoms with van der Waals surface area (Å²) >= 11 is 5.38. The normalized spacial score (nSPS) is 13.2. The molecular formula is C8H17ClO3. The summed E-state index contributed by atoms with van der Waals surface area (Å²) < 4.78 is 10.2. The highest BCUT2D eigenvalue weighted by molar-refractivity contribution is 6.17. The molecule has 0 aliphatic heterocycles. The molecule has 3 nitrogen and oxygen atoms in total. The first kappa shape index (κ1) is 12.2. The first-order valence-electron chi connectivity index (χ1n) is 4.20. The summed E-state index contributed by atoms with van der Waals surface area (Å²) in [5, 5.41) is 9.07. The molecule has 0 amide bonds. The lowest BCUT2D eigenvalue weighted by atomic mass is 10.3. The molecule has 4 heteroatoms. The Kier molecular flexibility index (Phi) is 9.39. The van der Waals surface area contributed by atoms with Crippen molar-refractivity contribution < 1.29 is 14.6 Å². The average molecular weight is 197 g/mol. The third-order valence-corrected chi connectivity index (χ3v) is 1.53. The van der Waals surface area contributed by atoms with E-state index < -0.39 is 0 Å². The van der Waals surface area contributed by atoms with Crippen molar-refractivity contribution in [3.8, 4) is 0 Å². The van der Waals surface area contributed by atoms with E-state index in [2.05, 4.69) is 0 Å². The third-order valence-electron chi connectivity index (χ3n) is 1.37. The Labute approximate surface area is 78.6 Å². The highest BCUT2D eigenvalue weighted by atomic mass is 35.5. The molecule has 0 fully saturated rings. The van der Waals surface area contributed by atoms with Crippen molar-refractivity contribution in [2.75, 3.05) is 32.3 Å². The van der Waals surface area contributed by atoms with E-state index in [0.29, 0.717) is 32.3 Å². The van der Waals surface area contributed by atoms with Crippen LogP contribution < -0.4 is 0 Å². The van der Waals surface area contributed by atoms with E-state index in [1.165, 1.54) is 0 Å². The molecule has 1 atom stereocenters. The summed E-state index contributed by atoms with van der Waals surface area (Å²) in [7, 11) is 0. The van der Waals surface area contributed by atoms with Gasteiger partial charge in [-0.05, 0) is 6.42 Å². The maximum absolute atomic E-state index is 9.07. The van der Waals surface area contributed by atoms with Crippen LogP contribution in [0.1, 0.15) is 13.3 Å². The molecule has 0 aliphatic rings. The van der Waals surface area contributed by atoms with E-state index in [4.69, 9.17) is 26.2 Å². The predicted octanol–water partition coefficient (Wildman–Crippen LogP) is 1.03. The first-order chi connectivity index (χ1) is 5.81. The molecule has 74 valence electrons. The second kappa shape index (κ2) is 9.26. The summed E-state index contributed by atoms with van der Waals surface area (Å²) in [5.41, 5.74) is 0. The second-order valence-electron chi connectivity index (χ2n) is 2.44. The lowest BCUT2D eigenvalue weighted by Crippen LogP contribution is -2.16. The van der Waals surface area contributed by atoms with E-state index in [1.807, 2.05) is 6.92 Å². The number of aliphatic hydroxyl groups is 1. The Morgan fingerprint density at radius 2 is 1.92 bits per heavy atom. The van der Waals surface area contributed by atoms with Crippen LogP contribution in [0.15, 0.2) is 0 Å². The van der Waals surface area contributed by atoms with Crippen LogP contribution in [-0.4, -0.2) is 43.5 Å². The Balaban J connectivity index is 2.90. The largest absolute Gasteiger partial charge is 0.391 e. The summed E-state index contributed by atoms with van der Waals surface area (Å²) in [6.45, 7) is 3.93. The van der Waals surface area contributed by atoms with Crippen molar-refractivity contribution in [3.05, 3.63) is 0 Å². The number of rotatable bonds is 8. The van der Waals surface area contributed by atoms with E-state index in [1.54, 1.807) is 0 Å². The van der Waals surface area contributed by atoms with Crippen LogP contribution in [0, 0.1) is 0 Å². The zero-order valence-corrected chi connectivity index (χ0v) is 8.22. The van der Waals surface area contributed by atoms with Gasteiger partial charge >= 0.3 is 0 Å². The van der Waals surface area contributed by atoms with Crippen LogP contribution in [-0.2, 0) is 9.47 Å². The topological polar surface area (TPSA) is 38.7 Å². The molecule has 0 spiro atoms. The van der Waals surface area contributed by atoms with Crippen LogP contribution in [0.2, 0.25) is 0 Å². The maximum Gasteiger partial charge on any atom is 0.0771 e. The minimum absolute atomic E-state index is 0.349. The van der Waals surface area contributed by atoms with Gasteiger partial charge in [0.05, 0.1) is 32.5 Å². The smallest absolute Gasteiger partial charge is 0.0771 e. The molecule has 0 radical (unpaired) electrons. The fourth-order valence-electron chi connectivity index (χ4n) is 0.612. The van der Waals surface area contributed by atoms with E-state index in [9.17, 15) is 0 Å². The Morgan fingerprint density at radius 3 is 2.50 bits per heavy atom. The van der Waals surface area contributed by atoms with Crippen LogP contribution in [0.5, 0.6) is 0 Å². The molecule has 0 rings (SSSR count). The molecule has 0 saturated heterocycles. The minimum atomic E-state index is -0.349. The summed E-state index contributed by atoms with van der Waals surface area (Å²) in [5.74, 6) is 0.511. The van der Waals surface area contributed by atoms with Gasteiger partial charge < -0.3 is 14.6 Å². The number of alkyl halides is 1. The summed E-state index contributed by atoms with van der Waals surface area (Å²) in [6, 6.07) is 0. The van der Waals surface area contributed by atoms with Gasteiger partial charge in [0.15, 0.2) is 0 Å². The quantitative estimate of drug-likeness (QED) is 0.466. The number of hydrogen-bond acceptors (Lipinski definition) is 3. The Morgan fingerprint density at radius 1 is 1.25 bits per heavy atom. The summed E-state index contributed by atoms with van der Waals surface area (Å²) in [4.78, 5) is 0. The Bertz CT molecular complexity index is 90.4. The molecule has 0 aliphatic carbocycles. The fourth-order valence-corrected chi connectivity index (χ4v) is 0.721. The number of hydrogen-bond donors (Lipinski definition) is 1. The molecule has 1 N–H and O–H groups in total. The molecular weight excluding hydrogens is 180 g/mol. The zero-order valence-electron chi connectivity index (χ0n) is 7.46. The molecule has 0 bridgehead atoms. The highest BCUT2D eigenvalue weighted by Gasteiger charge is 1.98. The standard InChI is InChI=1S/C8H17ClO3/c1-2-8(10)7-12-6-5-11-4-3-9/h8,10H,2-7H2,1H3. The number of aliphatic hydroxyl groups excluding tert-OH is 1. The van der Waals surface area contributed by atoms with Gasteiger partial charge in [-0.2, -0.15) is 0 Å². The van der Waals surface area contributed by atoms with Crippen molar-refractivity contribution >= 4 is 11.6 Å². The number of halogens is 1. The van der Waals surface area contributed by atoms with Crippen molar-refractivity contribution in [1.82, 2.24) is 0 Å². The van der Waals surface area contributed by atoms with Crippen molar-refractivity contribution in [2.24, 2.45) is 0 Å². The van der Waals surface area contributed by atoms with Gasteiger partial charge in [-0.3, -0.25) is 0 Å². The molecule has 1 unspecified atom stereocenters. The second-order valence-corrected chi connectivity index (χ2v) is 2.82. The van der Waals surface area contributed by atoms with Crippen LogP contribution in [0.4, 0.5) is 0 Å². The minimum Gasteiger partial charge on any atom is -0.391 e. The molecule has 0 aromatic rings. The van der Waals surface area contributed by atoms with Crippen molar-refractivity contribution in [3.63, 3.8) is 0 Å². The van der Waals surface area contributed by atoms with E-state index in [-0.39, 0.29) is 6.10 Å². The highest BCUT2D eigenvalue weighted by Crippen LogP contribution is 1.90. The van der Waals surface area contributed by atoms with Gasteiger partial charge in [-0.25, -0.2) is 0 Å². The first-order valence-corrected chi connectivity index (χ1v) is 4.74. The monoisotopic (exact) mass is 196 g/mol. The zero-order chi connectivity index (χ0) is 9.23. The van der Waals surface area contributed by atoms with Gasteiger partial charge in [0.2, 0.25) is 0 Å². The van der Waals surface area contributed by atoms with Gasteiger partial charge in [0.1, 0.15) is 0 Å². The molecule has 0 saturated carbocycles. The maximum atomic E-state index is 9.07. The van der Waals surface area contributed by atoms with Crippen molar-refractivity contribution in [2.45, 2.75) is 19.4 Å². The van der Waals surface area contributed by atoms with Crippen LogP contribution in [0.3, 0.4) is 0 Å². The fraction of sp³-hybridized carbons (Fsp3) is 1.00. The molecule has 12 heavy (non-hydrogen) atoms. The Hall–Kier alpha value is 0.170. The molecule has 0 aromatic carbocycles. The van der Waals surface area contributed by atoms with Gasteiger partial charge in [-0.15, -0.1) is 11.6 Å². The molecule has 0 heterocycles. The third kappa shape index (κ3) is 8.27. The van der Waals surface area contributed by atoms with Gasteiger partial charge in [0, 0.05) is 5.88 Å². The lowest BCUT2D eigenvalue weighted by molar-refractivity contribution is 0.00538. The summed E-state index contributed by atoms with van der Waals surface area (Å²) in [6.07, 6.45) is 0.376. The van der Waals surface area contributed by atoms with Crippen molar-refractivity contribution in [1.29, 1.82) is 0 Å². The SMILES string of the molecule is CCC(O)COCCOCCCl.